The normalized spacial score (nSPS) is 11.4. The Bertz CT molecular complexity index is 604. The van der Waals surface area contributed by atoms with Gasteiger partial charge in [-0.05, 0) is 11.1 Å². The van der Waals surface area contributed by atoms with Gasteiger partial charge in [-0.25, -0.2) is 14.1 Å². The second kappa shape index (κ2) is 6.19. The lowest BCUT2D eigenvalue weighted by Gasteiger charge is -2.03. The summed E-state index contributed by atoms with van der Waals surface area (Å²) in [5.74, 6) is 1.57. The number of ether oxygens (including phenoxy) is 1. The quantitative estimate of drug-likeness (QED) is 0.475. The van der Waals surface area contributed by atoms with Crippen LogP contribution in [0.25, 0.3) is 6.08 Å². The zero-order valence-electron chi connectivity index (χ0n) is 12.2. The molecule has 2 aromatic rings. The van der Waals surface area contributed by atoms with Crippen molar-refractivity contribution in [1.82, 2.24) is 4.57 Å². The first-order valence-corrected chi connectivity index (χ1v) is 6.47. The second-order valence-electron chi connectivity index (χ2n) is 4.61. The topological polar surface area (TPSA) is 30.4 Å². The van der Waals surface area contributed by atoms with Crippen molar-refractivity contribution < 1.29 is 9.30 Å². The molecule has 2 rings (SSSR count). The van der Waals surface area contributed by atoms with Gasteiger partial charge in [0.25, 0.3) is 0 Å². The van der Waals surface area contributed by atoms with Crippen LogP contribution in [0.1, 0.15) is 17.0 Å². The highest BCUT2D eigenvalue weighted by atomic mass is 16.5. The molecule has 0 radical (unpaired) electrons. The molecule has 4 heteroatoms. The molecule has 0 aliphatic carbocycles. The summed E-state index contributed by atoms with van der Waals surface area (Å²) in [7, 11) is 5.60. The Morgan fingerprint density at radius 1 is 1.40 bits per heavy atom. The lowest BCUT2D eigenvalue weighted by molar-refractivity contribution is -0.672. The van der Waals surface area contributed by atoms with Gasteiger partial charge in [0, 0.05) is 0 Å². The third-order valence-corrected chi connectivity index (χ3v) is 3.19. The molecule has 0 N–H and O–H groups in total. The zero-order valence-corrected chi connectivity index (χ0v) is 12.2. The molecule has 1 heterocycles. The van der Waals surface area contributed by atoms with Crippen LogP contribution in [-0.4, -0.2) is 17.6 Å². The van der Waals surface area contributed by atoms with Crippen molar-refractivity contribution in [1.29, 1.82) is 0 Å². The zero-order chi connectivity index (χ0) is 14.5. The Kier molecular flexibility index (Phi) is 4.35. The average molecular weight is 270 g/mol. The van der Waals surface area contributed by atoms with E-state index in [1.165, 1.54) is 0 Å². The smallest absolute Gasteiger partial charge is 0.344 e. The van der Waals surface area contributed by atoms with Crippen molar-refractivity contribution in [2.24, 2.45) is 19.1 Å². The van der Waals surface area contributed by atoms with Gasteiger partial charge >= 0.3 is 11.7 Å². The monoisotopic (exact) mass is 270 g/mol. The Balaban J connectivity index is 2.21. The van der Waals surface area contributed by atoms with E-state index in [-0.39, 0.29) is 0 Å². The van der Waals surface area contributed by atoms with E-state index < -0.39 is 0 Å². The van der Waals surface area contributed by atoms with Crippen molar-refractivity contribution in [3.8, 4) is 0 Å². The number of nitrogens with zero attached hydrogens (tertiary/aromatic N) is 3. The van der Waals surface area contributed by atoms with Crippen molar-refractivity contribution in [2.45, 2.75) is 6.54 Å². The van der Waals surface area contributed by atoms with Gasteiger partial charge in [-0.15, -0.1) is 0 Å². The predicted molar refractivity (Wildman–Crippen MR) is 80.4 cm³/mol. The summed E-state index contributed by atoms with van der Waals surface area (Å²) in [6.07, 6.45) is 5.78. The van der Waals surface area contributed by atoms with Crippen LogP contribution in [0.2, 0.25) is 0 Å². The van der Waals surface area contributed by atoms with Gasteiger partial charge in [-0.2, -0.15) is 0 Å². The minimum atomic E-state index is 0.589. The van der Waals surface area contributed by atoms with Crippen LogP contribution >= 0.6 is 0 Å². The summed E-state index contributed by atoms with van der Waals surface area (Å²) >= 11 is 0. The van der Waals surface area contributed by atoms with Gasteiger partial charge in [0.15, 0.2) is 0 Å². The highest BCUT2D eigenvalue weighted by Gasteiger charge is 2.19. The van der Waals surface area contributed by atoms with Gasteiger partial charge in [0.2, 0.25) is 0 Å². The Morgan fingerprint density at radius 3 is 2.60 bits per heavy atom. The molecule has 1 aromatic heterocycles. The maximum Gasteiger partial charge on any atom is 0.344 e. The third kappa shape index (κ3) is 2.96. The third-order valence-electron chi connectivity index (χ3n) is 3.19. The van der Waals surface area contributed by atoms with E-state index in [4.69, 9.17) is 4.74 Å². The summed E-state index contributed by atoms with van der Waals surface area (Å²) in [6.45, 7) is 4.34. The van der Waals surface area contributed by atoms with E-state index in [9.17, 15) is 0 Å². The van der Waals surface area contributed by atoms with Crippen LogP contribution in [0.4, 0.5) is 0 Å². The molecule has 0 bridgehead atoms. The van der Waals surface area contributed by atoms with Crippen molar-refractivity contribution in [3.05, 3.63) is 60.2 Å². The average Bonchev–Trinajstić information content (AvgIpc) is 2.81. The van der Waals surface area contributed by atoms with Crippen molar-refractivity contribution in [3.63, 3.8) is 0 Å². The number of aryl methyl sites for hydroxylation is 2. The summed E-state index contributed by atoms with van der Waals surface area (Å²) in [5.41, 5.74) is 2.25. The SMILES string of the molecule is C=Cc1ccc(C/N=C(\OC)c2n(C)cc[n+]2C)cc1. The van der Waals surface area contributed by atoms with Gasteiger partial charge in [0.1, 0.15) is 12.4 Å². The number of aliphatic imine (C=N–C) groups is 1. The van der Waals surface area contributed by atoms with Crippen LogP contribution in [0.5, 0.6) is 0 Å². The number of rotatable bonds is 4. The molecule has 0 saturated heterocycles. The fourth-order valence-corrected chi connectivity index (χ4v) is 2.04. The van der Waals surface area contributed by atoms with E-state index >= 15 is 0 Å². The molecule has 4 nitrogen and oxygen atoms in total. The molecule has 20 heavy (non-hydrogen) atoms. The maximum atomic E-state index is 5.42. The number of imidazole rings is 1. The van der Waals surface area contributed by atoms with E-state index in [2.05, 4.69) is 23.7 Å². The number of hydrogen-bond donors (Lipinski definition) is 0. The summed E-state index contributed by atoms with van der Waals surface area (Å²) < 4.78 is 9.39. The Hall–Kier alpha value is -2.36. The van der Waals surface area contributed by atoms with Gasteiger partial charge in [-0.1, -0.05) is 36.9 Å². The van der Waals surface area contributed by atoms with Gasteiger partial charge in [0.05, 0.1) is 27.7 Å². The molecule has 0 aliphatic rings. The molecular weight excluding hydrogens is 250 g/mol. The van der Waals surface area contributed by atoms with Gasteiger partial charge < -0.3 is 4.74 Å². The van der Waals surface area contributed by atoms with E-state index in [0.717, 1.165) is 17.0 Å². The molecule has 0 saturated carbocycles. The largest absolute Gasteiger partial charge is 0.475 e. The van der Waals surface area contributed by atoms with Crippen LogP contribution in [-0.2, 0) is 25.4 Å². The predicted octanol–water partition coefficient (Wildman–Crippen LogP) is 2.09. The van der Waals surface area contributed by atoms with Crippen LogP contribution in [0.3, 0.4) is 0 Å². The summed E-state index contributed by atoms with van der Waals surface area (Å²) in [6, 6.07) is 8.18. The number of benzene rings is 1. The minimum Gasteiger partial charge on any atom is -0.475 e. The molecule has 0 fully saturated rings. The fourth-order valence-electron chi connectivity index (χ4n) is 2.04. The molecule has 0 spiro atoms. The van der Waals surface area contributed by atoms with E-state index in [0.29, 0.717) is 12.4 Å². The highest BCUT2D eigenvalue weighted by molar-refractivity contribution is 5.89. The minimum absolute atomic E-state index is 0.589. The standard InChI is InChI=1S/C16H20N3O/c1-5-13-6-8-14(9-7-13)12-17-15(20-4)16-18(2)10-11-19(16)3/h5-11H,1,12H2,2-4H3/q+1/b17-15-. The first-order chi connectivity index (χ1) is 9.65. The summed E-state index contributed by atoms with van der Waals surface area (Å²) in [4.78, 5) is 4.56. The lowest BCUT2D eigenvalue weighted by Crippen LogP contribution is -2.35. The number of hydrogen-bond acceptors (Lipinski definition) is 2. The first-order valence-electron chi connectivity index (χ1n) is 6.47. The lowest BCUT2D eigenvalue weighted by atomic mass is 10.1. The molecule has 1 aromatic carbocycles. The molecule has 0 aliphatic heterocycles. The molecule has 0 unspecified atom stereocenters. The molecular formula is C16H20N3O+. The number of methoxy groups -OCH3 is 1. The molecule has 0 amide bonds. The first kappa shape index (κ1) is 14.1. The fraction of sp³-hybridized carbons (Fsp3) is 0.250. The van der Waals surface area contributed by atoms with Crippen LogP contribution in [0, 0.1) is 0 Å². The maximum absolute atomic E-state index is 5.42. The molecule has 0 atom stereocenters. The van der Waals surface area contributed by atoms with Gasteiger partial charge in [-0.3, -0.25) is 0 Å². The Labute approximate surface area is 119 Å². The van der Waals surface area contributed by atoms with E-state index in [1.807, 2.05) is 53.8 Å². The van der Waals surface area contributed by atoms with Crippen LogP contribution < -0.4 is 4.57 Å². The molecule has 104 valence electrons. The van der Waals surface area contributed by atoms with Crippen molar-refractivity contribution in [2.75, 3.05) is 7.11 Å². The van der Waals surface area contributed by atoms with Crippen molar-refractivity contribution >= 4 is 12.0 Å². The number of aromatic nitrogens is 2. The highest BCUT2D eigenvalue weighted by Crippen LogP contribution is 2.07. The van der Waals surface area contributed by atoms with Crippen LogP contribution in [0.15, 0.2) is 48.2 Å². The second-order valence-corrected chi connectivity index (χ2v) is 4.61. The Morgan fingerprint density at radius 2 is 2.10 bits per heavy atom. The summed E-state index contributed by atoms with van der Waals surface area (Å²) in [5, 5.41) is 0. The van der Waals surface area contributed by atoms with E-state index in [1.54, 1.807) is 7.11 Å².